The number of hydrogen-bond donors (Lipinski definition) is 1. The predicted octanol–water partition coefficient (Wildman–Crippen LogP) is 2.88. The van der Waals surface area contributed by atoms with Gasteiger partial charge in [-0.1, -0.05) is 43.3 Å². The highest BCUT2D eigenvalue weighted by molar-refractivity contribution is 5.28. The van der Waals surface area contributed by atoms with E-state index >= 15 is 0 Å². The van der Waals surface area contributed by atoms with Crippen LogP contribution in [-0.2, 0) is 6.54 Å². The largest absolute Gasteiger partial charge is 0.400 e. The molecule has 0 amide bonds. The molecule has 17 heavy (non-hydrogen) atoms. The maximum Gasteiger partial charge on any atom is 0.0554 e. The van der Waals surface area contributed by atoms with E-state index in [1.807, 2.05) is 6.07 Å². The Hall–Kier alpha value is -1.70. The minimum Gasteiger partial charge on any atom is -0.400 e. The number of allylic oxidation sites excluding steroid dienone is 3. The minimum absolute atomic E-state index is 0.559. The molecular formula is C15H20N2. The van der Waals surface area contributed by atoms with E-state index in [4.69, 9.17) is 5.73 Å². The van der Waals surface area contributed by atoms with Gasteiger partial charge < -0.3 is 10.6 Å². The highest BCUT2D eigenvalue weighted by Crippen LogP contribution is 2.22. The zero-order chi connectivity index (χ0) is 12.3. The molecule has 0 saturated carbocycles. The van der Waals surface area contributed by atoms with E-state index in [0.29, 0.717) is 5.92 Å². The monoisotopic (exact) mass is 228 g/mol. The average Bonchev–Trinajstić information content (AvgIpc) is 2.30. The van der Waals surface area contributed by atoms with Gasteiger partial charge in [0.1, 0.15) is 0 Å². The maximum absolute atomic E-state index is 6.11. The molecule has 0 aliphatic heterocycles. The van der Waals surface area contributed by atoms with Gasteiger partial charge in [0.25, 0.3) is 0 Å². The van der Waals surface area contributed by atoms with Crippen LogP contribution in [0, 0.1) is 5.92 Å². The minimum atomic E-state index is 0.559. The molecule has 2 rings (SSSR count). The fourth-order valence-electron chi connectivity index (χ4n) is 2.20. The summed E-state index contributed by atoms with van der Waals surface area (Å²) < 4.78 is 0. The van der Waals surface area contributed by atoms with Crippen molar-refractivity contribution < 1.29 is 0 Å². The van der Waals surface area contributed by atoms with Crippen molar-refractivity contribution in [2.24, 2.45) is 11.7 Å². The van der Waals surface area contributed by atoms with Gasteiger partial charge in [-0.25, -0.2) is 0 Å². The third kappa shape index (κ3) is 2.90. The second-order valence-corrected chi connectivity index (χ2v) is 4.79. The smallest absolute Gasteiger partial charge is 0.0554 e. The predicted molar refractivity (Wildman–Crippen MR) is 72.0 cm³/mol. The third-order valence-corrected chi connectivity index (χ3v) is 3.13. The Kier molecular flexibility index (Phi) is 3.52. The highest BCUT2D eigenvalue weighted by Gasteiger charge is 2.13. The summed E-state index contributed by atoms with van der Waals surface area (Å²) in [5, 5.41) is 0. The summed E-state index contributed by atoms with van der Waals surface area (Å²) in [5.74, 6) is 0.559. The molecule has 0 heterocycles. The van der Waals surface area contributed by atoms with Gasteiger partial charge in [-0.05, 0) is 24.0 Å². The summed E-state index contributed by atoms with van der Waals surface area (Å²) in [6.07, 6.45) is 5.34. The van der Waals surface area contributed by atoms with E-state index in [-0.39, 0.29) is 0 Å². The first-order valence-corrected chi connectivity index (χ1v) is 6.08. The van der Waals surface area contributed by atoms with Crippen molar-refractivity contribution in [1.29, 1.82) is 0 Å². The lowest BCUT2D eigenvalue weighted by Gasteiger charge is -2.26. The second-order valence-electron chi connectivity index (χ2n) is 4.79. The van der Waals surface area contributed by atoms with Gasteiger partial charge in [0.15, 0.2) is 0 Å². The lowest BCUT2D eigenvalue weighted by molar-refractivity contribution is 0.411. The van der Waals surface area contributed by atoms with Gasteiger partial charge in [-0.2, -0.15) is 0 Å². The van der Waals surface area contributed by atoms with Crippen molar-refractivity contribution in [3.63, 3.8) is 0 Å². The van der Waals surface area contributed by atoms with E-state index < -0.39 is 0 Å². The lowest BCUT2D eigenvalue weighted by atomic mass is 9.98. The van der Waals surface area contributed by atoms with Crippen LogP contribution in [0.2, 0.25) is 0 Å². The van der Waals surface area contributed by atoms with Crippen molar-refractivity contribution in [1.82, 2.24) is 4.90 Å². The molecule has 0 radical (unpaired) electrons. The normalized spacial score (nSPS) is 19.5. The maximum atomic E-state index is 6.11. The van der Waals surface area contributed by atoms with Crippen LogP contribution in [0.5, 0.6) is 0 Å². The van der Waals surface area contributed by atoms with Gasteiger partial charge in [-0.3, -0.25) is 0 Å². The Balaban J connectivity index is 2.09. The second kappa shape index (κ2) is 5.09. The fraction of sp³-hybridized carbons (Fsp3) is 0.333. The van der Waals surface area contributed by atoms with E-state index in [2.05, 4.69) is 55.3 Å². The number of nitrogens with zero attached hydrogens (tertiary/aromatic N) is 1. The molecule has 1 atom stereocenters. The van der Waals surface area contributed by atoms with Gasteiger partial charge in [0.2, 0.25) is 0 Å². The number of likely N-dealkylation sites (N-methyl/N-ethyl adjacent to an activating group) is 1. The van der Waals surface area contributed by atoms with E-state index in [1.54, 1.807) is 0 Å². The molecule has 1 aliphatic carbocycles. The molecular weight excluding hydrogens is 208 g/mol. The first-order valence-electron chi connectivity index (χ1n) is 6.08. The van der Waals surface area contributed by atoms with Crippen molar-refractivity contribution in [2.45, 2.75) is 19.9 Å². The van der Waals surface area contributed by atoms with Crippen LogP contribution < -0.4 is 5.73 Å². The highest BCUT2D eigenvalue weighted by atomic mass is 15.1. The molecule has 90 valence electrons. The molecule has 2 heteroatoms. The molecule has 1 aromatic carbocycles. The van der Waals surface area contributed by atoms with E-state index in [0.717, 1.165) is 24.4 Å². The Morgan fingerprint density at radius 1 is 1.29 bits per heavy atom. The first-order chi connectivity index (χ1) is 8.16. The molecule has 1 aliphatic rings. The van der Waals surface area contributed by atoms with Gasteiger partial charge in [0, 0.05) is 19.3 Å². The fourth-order valence-corrected chi connectivity index (χ4v) is 2.20. The van der Waals surface area contributed by atoms with Crippen molar-refractivity contribution in [3.8, 4) is 0 Å². The SMILES string of the molecule is CC1C=CC(N(C)Cc2ccccc2)=C(N)C1. The summed E-state index contributed by atoms with van der Waals surface area (Å²) in [4.78, 5) is 2.22. The number of benzene rings is 1. The van der Waals surface area contributed by atoms with Crippen LogP contribution in [0.1, 0.15) is 18.9 Å². The summed E-state index contributed by atoms with van der Waals surface area (Å²) in [7, 11) is 2.09. The molecule has 0 spiro atoms. The molecule has 1 aromatic rings. The molecule has 0 aromatic heterocycles. The average molecular weight is 228 g/mol. The Morgan fingerprint density at radius 2 is 2.00 bits per heavy atom. The zero-order valence-electron chi connectivity index (χ0n) is 10.6. The number of hydrogen-bond acceptors (Lipinski definition) is 2. The summed E-state index contributed by atoms with van der Waals surface area (Å²) in [6.45, 7) is 3.09. The first kappa shape index (κ1) is 11.8. The van der Waals surface area contributed by atoms with Gasteiger partial charge in [-0.15, -0.1) is 0 Å². The summed E-state index contributed by atoms with van der Waals surface area (Å²) in [5.41, 5.74) is 9.58. The standard InChI is InChI=1S/C15H20N2/c1-12-8-9-15(14(16)10-12)17(2)11-13-6-4-3-5-7-13/h3-9,12H,10-11,16H2,1-2H3. The Morgan fingerprint density at radius 3 is 2.65 bits per heavy atom. The van der Waals surface area contributed by atoms with Crippen LogP contribution in [0.4, 0.5) is 0 Å². The summed E-state index contributed by atoms with van der Waals surface area (Å²) >= 11 is 0. The molecule has 0 bridgehead atoms. The third-order valence-electron chi connectivity index (χ3n) is 3.13. The van der Waals surface area contributed by atoms with Gasteiger partial charge in [0.05, 0.1) is 5.70 Å². The van der Waals surface area contributed by atoms with E-state index in [9.17, 15) is 0 Å². The van der Waals surface area contributed by atoms with Crippen LogP contribution in [0.3, 0.4) is 0 Å². The van der Waals surface area contributed by atoms with Crippen LogP contribution in [0.25, 0.3) is 0 Å². The van der Waals surface area contributed by atoms with Crippen LogP contribution in [0.15, 0.2) is 53.9 Å². The quantitative estimate of drug-likeness (QED) is 0.862. The van der Waals surface area contributed by atoms with Crippen molar-refractivity contribution in [2.75, 3.05) is 7.05 Å². The molecule has 0 fully saturated rings. The summed E-state index contributed by atoms with van der Waals surface area (Å²) in [6, 6.07) is 10.5. The van der Waals surface area contributed by atoms with Crippen LogP contribution >= 0.6 is 0 Å². The van der Waals surface area contributed by atoms with Crippen molar-refractivity contribution in [3.05, 3.63) is 59.4 Å². The van der Waals surface area contributed by atoms with E-state index in [1.165, 1.54) is 5.56 Å². The molecule has 0 saturated heterocycles. The lowest BCUT2D eigenvalue weighted by Crippen LogP contribution is -2.23. The molecule has 1 unspecified atom stereocenters. The Labute approximate surface area is 103 Å². The topological polar surface area (TPSA) is 29.3 Å². The number of nitrogens with two attached hydrogens (primary N) is 1. The molecule has 2 nitrogen and oxygen atoms in total. The van der Waals surface area contributed by atoms with Crippen molar-refractivity contribution >= 4 is 0 Å². The number of rotatable bonds is 3. The van der Waals surface area contributed by atoms with Crippen LogP contribution in [-0.4, -0.2) is 11.9 Å². The molecule has 2 N–H and O–H groups in total. The Bertz CT molecular complexity index is 431. The van der Waals surface area contributed by atoms with Gasteiger partial charge >= 0.3 is 0 Å². The zero-order valence-corrected chi connectivity index (χ0v) is 10.6.